The Balaban J connectivity index is 1.61. The highest BCUT2D eigenvalue weighted by molar-refractivity contribution is 5.89. The van der Waals surface area contributed by atoms with E-state index in [0.29, 0.717) is 18.0 Å². The molecule has 2 atom stereocenters. The predicted molar refractivity (Wildman–Crippen MR) is 112 cm³/mol. The van der Waals surface area contributed by atoms with Gasteiger partial charge in [-0.2, -0.15) is 0 Å². The third-order valence-corrected chi connectivity index (χ3v) is 5.76. The maximum atomic E-state index is 12.9. The zero-order valence-corrected chi connectivity index (χ0v) is 17.1. The van der Waals surface area contributed by atoms with E-state index in [2.05, 4.69) is 11.4 Å². The van der Waals surface area contributed by atoms with Crippen molar-refractivity contribution in [2.24, 2.45) is 11.8 Å². The van der Waals surface area contributed by atoms with Crippen molar-refractivity contribution < 1.29 is 19.1 Å². The molecule has 1 aliphatic carbocycles. The van der Waals surface area contributed by atoms with Gasteiger partial charge in [0.2, 0.25) is 5.91 Å². The topological polar surface area (TPSA) is 64.6 Å². The average molecular weight is 395 g/mol. The van der Waals surface area contributed by atoms with Crippen molar-refractivity contribution in [3.63, 3.8) is 0 Å². The summed E-state index contributed by atoms with van der Waals surface area (Å²) < 4.78 is 10.2. The van der Waals surface area contributed by atoms with Gasteiger partial charge in [0.25, 0.3) is 0 Å². The van der Waals surface area contributed by atoms with Gasteiger partial charge in [-0.15, -0.1) is 0 Å². The standard InChI is InChI=1S/C24H29NO4/c1-28-22-10-6-4-8-20(22)15-19-7-3-5-9-21(19)23(26)25-16-17-11-13-18(14-12-17)24(27)29-2/h4,6,8,10-14,19,21H,3,5,7,9,15-16H2,1-2H3,(H,25,26). The Morgan fingerprint density at radius 2 is 1.72 bits per heavy atom. The number of carbonyl (C=O) groups is 2. The smallest absolute Gasteiger partial charge is 0.337 e. The van der Waals surface area contributed by atoms with E-state index >= 15 is 0 Å². The quantitative estimate of drug-likeness (QED) is 0.716. The Bertz CT molecular complexity index is 831. The van der Waals surface area contributed by atoms with Crippen LogP contribution in [0.3, 0.4) is 0 Å². The van der Waals surface area contributed by atoms with Gasteiger partial charge >= 0.3 is 5.97 Å². The Morgan fingerprint density at radius 1 is 1.00 bits per heavy atom. The van der Waals surface area contributed by atoms with Gasteiger partial charge < -0.3 is 14.8 Å². The third-order valence-electron chi connectivity index (χ3n) is 5.76. The van der Waals surface area contributed by atoms with Gasteiger partial charge in [-0.05, 0) is 54.5 Å². The summed E-state index contributed by atoms with van der Waals surface area (Å²) in [4.78, 5) is 24.5. The lowest BCUT2D eigenvalue weighted by Crippen LogP contribution is -2.37. The number of nitrogens with one attached hydrogen (secondary N) is 1. The summed E-state index contributed by atoms with van der Waals surface area (Å²) in [5.74, 6) is 0.983. The van der Waals surface area contributed by atoms with Crippen molar-refractivity contribution in [2.45, 2.75) is 38.6 Å². The highest BCUT2D eigenvalue weighted by atomic mass is 16.5. The molecule has 0 heterocycles. The molecule has 1 aliphatic rings. The predicted octanol–water partition coefficient (Wildman–Crippen LogP) is 4.15. The second-order valence-corrected chi connectivity index (χ2v) is 7.57. The zero-order chi connectivity index (χ0) is 20.6. The lowest BCUT2D eigenvalue weighted by atomic mass is 9.75. The van der Waals surface area contributed by atoms with E-state index in [-0.39, 0.29) is 17.8 Å². The summed E-state index contributed by atoms with van der Waals surface area (Å²) >= 11 is 0. The van der Waals surface area contributed by atoms with Crippen LogP contribution in [0, 0.1) is 11.8 Å². The molecule has 5 heteroatoms. The molecule has 29 heavy (non-hydrogen) atoms. The van der Waals surface area contributed by atoms with Gasteiger partial charge in [0.15, 0.2) is 0 Å². The van der Waals surface area contributed by atoms with Crippen molar-refractivity contribution in [3.05, 3.63) is 65.2 Å². The van der Waals surface area contributed by atoms with E-state index in [1.165, 1.54) is 13.5 Å². The zero-order valence-electron chi connectivity index (χ0n) is 17.1. The minimum Gasteiger partial charge on any atom is -0.496 e. The number of benzene rings is 2. The van der Waals surface area contributed by atoms with Gasteiger partial charge in [-0.3, -0.25) is 4.79 Å². The lowest BCUT2D eigenvalue weighted by molar-refractivity contribution is -0.127. The second kappa shape index (κ2) is 10.1. The second-order valence-electron chi connectivity index (χ2n) is 7.57. The number of methoxy groups -OCH3 is 2. The van der Waals surface area contributed by atoms with Gasteiger partial charge in [-0.25, -0.2) is 4.79 Å². The van der Waals surface area contributed by atoms with Gasteiger partial charge in [0.1, 0.15) is 5.75 Å². The molecule has 2 unspecified atom stereocenters. The molecule has 0 spiro atoms. The van der Waals surface area contributed by atoms with Crippen LogP contribution in [0.2, 0.25) is 0 Å². The first kappa shape index (κ1) is 20.9. The minimum absolute atomic E-state index is 0.0167. The summed E-state index contributed by atoms with van der Waals surface area (Å²) in [6, 6.07) is 15.2. The largest absolute Gasteiger partial charge is 0.496 e. The van der Waals surface area contributed by atoms with Crippen LogP contribution in [0.1, 0.15) is 47.2 Å². The molecule has 0 radical (unpaired) electrons. The maximum Gasteiger partial charge on any atom is 0.337 e. The minimum atomic E-state index is -0.359. The van der Waals surface area contributed by atoms with Gasteiger partial charge in [0.05, 0.1) is 19.8 Å². The molecule has 154 valence electrons. The summed E-state index contributed by atoms with van der Waals surface area (Å²) in [6.45, 7) is 0.457. The van der Waals surface area contributed by atoms with E-state index in [9.17, 15) is 9.59 Å². The SMILES string of the molecule is COC(=O)c1ccc(CNC(=O)C2CCCCC2Cc2ccccc2OC)cc1. The number of hydrogen-bond acceptors (Lipinski definition) is 4. The summed E-state index contributed by atoms with van der Waals surface area (Å²) in [5.41, 5.74) is 2.63. The molecule has 2 aromatic rings. The maximum absolute atomic E-state index is 12.9. The van der Waals surface area contributed by atoms with Crippen LogP contribution >= 0.6 is 0 Å². The molecule has 0 aromatic heterocycles. The van der Waals surface area contributed by atoms with Crippen LogP contribution in [0.4, 0.5) is 0 Å². The molecule has 1 saturated carbocycles. The van der Waals surface area contributed by atoms with Crippen molar-refractivity contribution >= 4 is 11.9 Å². The fraction of sp³-hybridized carbons (Fsp3) is 0.417. The van der Waals surface area contributed by atoms with Crippen LogP contribution in [0.25, 0.3) is 0 Å². The molecule has 0 saturated heterocycles. The lowest BCUT2D eigenvalue weighted by Gasteiger charge is -2.31. The van der Waals surface area contributed by atoms with Crippen LogP contribution in [0.15, 0.2) is 48.5 Å². The van der Waals surface area contributed by atoms with E-state index < -0.39 is 0 Å². The van der Waals surface area contributed by atoms with Crippen LogP contribution in [-0.4, -0.2) is 26.1 Å². The molecule has 1 fully saturated rings. The Kier molecular flexibility index (Phi) is 7.28. The first-order valence-electron chi connectivity index (χ1n) is 10.2. The van der Waals surface area contributed by atoms with Crippen LogP contribution in [0.5, 0.6) is 5.75 Å². The summed E-state index contributed by atoms with van der Waals surface area (Å²) in [7, 11) is 3.05. The van der Waals surface area contributed by atoms with Crippen molar-refractivity contribution in [1.82, 2.24) is 5.32 Å². The number of amides is 1. The number of esters is 1. The van der Waals surface area contributed by atoms with Gasteiger partial charge in [0, 0.05) is 12.5 Å². The van der Waals surface area contributed by atoms with Gasteiger partial charge in [-0.1, -0.05) is 43.2 Å². The number of ether oxygens (including phenoxy) is 2. The fourth-order valence-electron chi connectivity index (χ4n) is 4.15. The molecule has 0 aliphatic heterocycles. The third kappa shape index (κ3) is 5.37. The molecule has 5 nitrogen and oxygen atoms in total. The molecule has 2 aromatic carbocycles. The fourth-order valence-corrected chi connectivity index (χ4v) is 4.15. The molecule has 1 N–H and O–H groups in total. The molecule has 3 rings (SSSR count). The van der Waals surface area contributed by atoms with Crippen molar-refractivity contribution in [3.8, 4) is 5.75 Å². The highest BCUT2D eigenvalue weighted by Gasteiger charge is 2.31. The van der Waals surface area contributed by atoms with Crippen LogP contribution in [-0.2, 0) is 22.5 Å². The first-order valence-corrected chi connectivity index (χ1v) is 10.2. The van der Waals surface area contributed by atoms with E-state index in [1.54, 1.807) is 19.2 Å². The number of para-hydroxylation sites is 1. The van der Waals surface area contributed by atoms with E-state index in [4.69, 9.17) is 9.47 Å². The Labute approximate surface area is 172 Å². The summed E-state index contributed by atoms with van der Waals surface area (Å²) in [5, 5.41) is 3.09. The number of rotatable bonds is 7. The molecular formula is C24H29NO4. The highest BCUT2D eigenvalue weighted by Crippen LogP contribution is 2.34. The molecule has 0 bridgehead atoms. The van der Waals surface area contributed by atoms with Crippen LogP contribution < -0.4 is 10.1 Å². The monoisotopic (exact) mass is 395 g/mol. The molecule has 1 amide bonds. The van der Waals surface area contributed by atoms with Crippen molar-refractivity contribution in [1.29, 1.82) is 0 Å². The van der Waals surface area contributed by atoms with E-state index in [0.717, 1.165) is 42.6 Å². The number of carbonyl (C=O) groups excluding carboxylic acids is 2. The van der Waals surface area contributed by atoms with Crippen molar-refractivity contribution in [2.75, 3.05) is 14.2 Å². The normalized spacial score (nSPS) is 18.7. The Hall–Kier alpha value is -2.82. The molecular weight excluding hydrogens is 366 g/mol. The number of hydrogen-bond donors (Lipinski definition) is 1. The van der Waals surface area contributed by atoms with E-state index in [1.807, 2.05) is 30.3 Å². The first-order chi connectivity index (χ1) is 14.1. The Morgan fingerprint density at radius 3 is 2.45 bits per heavy atom. The average Bonchev–Trinajstić information content (AvgIpc) is 2.78. The summed E-state index contributed by atoms with van der Waals surface area (Å²) in [6.07, 6.45) is 5.10.